The summed E-state index contributed by atoms with van der Waals surface area (Å²) in [4.78, 5) is 0. The van der Waals surface area contributed by atoms with E-state index in [1.165, 1.54) is 25.7 Å². The fourth-order valence-electron chi connectivity index (χ4n) is 2.38. The second-order valence-corrected chi connectivity index (χ2v) is 4.70. The lowest BCUT2D eigenvalue weighted by Gasteiger charge is -2.44. The first-order chi connectivity index (χ1) is 6.20. The van der Waals surface area contributed by atoms with E-state index in [4.69, 9.17) is 10.6 Å². The Kier molecular flexibility index (Phi) is 2.58. The third-order valence-corrected chi connectivity index (χ3v) is 3.61. The standard InChI is InChI=1S/C10H20N2O/c1-9-2-3-10(8-13-9)4-6-12(11)7-5-10/h9H,2-8,11H2,1H3/t9-/m0/s1. The third kappa shape index (κ3) is 2.03. The molecule has 13 heavy (non-hydrogen) atoms. The normalized spacial score (nSPS) is 35.1. The average molecular weight is 184 g/mol. The van der Waals surface area contributed by atoms with Crippen molar-refractivity contribution in [1.82, 2.24) is 5.01 Å². The highest BCUT2D eigenvalue weighted by Gasteiger charge is 2.37. The van der Waals surface area contributed by atoms with Gasteiger partial charge in [-0.05, 0) is 38.0 Å². The Morgan fingerprint density at radius 2 is 2.00 bits per heavy atom. The van der Waals surface area contributed by atoms with Crippen molar-refractivity contribution < 1.29 is 4.74 Å². The summed E-state index contributed by atoms with van der Waals surface area (Å²) in [6, 6.07) is 0. The molecule has 76 valence electrons. The minimum atomic E-state index is 0.474. The molecule has 3 heteroatoms. The second-order valence-electron chi connectivity index (χ2n) is 4.70. The zero-order chi connectivity index (χ0) is 9.31. The molecule has 3 nitrogen and oxygen atoms in total. The van der Waals surface area contributed by atoms with Gasteiger partial charge in [0.2, 0.25) is 0 Å². The van der Waals surface area contributed by atoms with Crippen LogP contribution in [0.3, 0.4) is 0 Å². The van der Waals surface area contributed by atoms with Gasteiger partial charge in [0.25, 0.3) is 0 Å². The molecule has 2 heterocycles. The van der Waals surface area contributed by atoms with Crippen LogP contribution in [0.5, 0.6) is 0 Å². The van der Waals surface area contributed by atoms with E-state index in [1.54, 1.807) is 0 Å². The Morgan fingerprint density at radius 3 is 2.54 bits per heavy atom. The van der Waals surface area contributed by atoms with E-state index in [9.17, 15) is 0 Å². The van der Waals surface area contributed by atoms with E-state index >= 15 is 0 Å². The Hall–Kier alpha value is -0.120. The molecule has 2 N–H and O–H groups in total. The van der Waals surface area contributed by atoms with Crippen LogP contribution in [0, 0.1) is 5.41 Å². The number of hydrogen-bond acceptors (Lipinski definition) is 3. The first-order valence-electron chi connectivity index (χ1n) is 5.31. The van der Waals surface area contributed by atoms with Crippen LogP contribution in [0.15, 0.2) is 0 Å². The molecule has 1 atom stereocenters. The van der Waals surface area contributed by atoms with Gasteiger partial charge < -0.3 is 4.74 Å². The van der Waals surface area contributed by atoms with E-state index in [-0.39, 0.29) is 0 Å². The number of nitrogens with zero attached hydrogens (tertiary/aromatic N) is 1. The second kappa shape index (κ2) is 3.56. The topological polar surface area (TPSA) is 38.5 Å². The van der Waals surface area contributed by atoms with E-state index in [2.05, 4.69) is 6.92 Å². The van der Waals surface area contributed by atoms with Gasteiger partial charge in [0.05, 0.1) is 12.7 Å². The van der Waals surface area contributed by atoms with Gasteiger partial charge in [-0.1, -0.05) is 0 Å². The number of piperidine rings is 1. The fraction of sp³-hybridized carbons (Fsp3) is 1.00. The van der Waals surface area contributed by atoms with Crippen molar-refractivity contribution in [3.8, 4) is 0 Å². The predicted octanol–water partition coefficient (Wildman–Crippen LogP) is 1.14. The summed E-state index contributed by atoms with van der Waals surface area (Å²) in [5.41, 5.74) is 0.475. The SMILES string of the molecule is C[C@H]1CCC2(CCN(N)CC2)CO1. The van der Waals surface area contributed by atoms with Crippen molar-refractivity contribution in [2.24, 2.45) is 11.3 Å². The summed E-state index contributed by atoms with van der Waals surface area (Å²) in [7, 11) is 0. The molecule has 0 radical (unpaired) electrons. The minimum Gasteiger partial charge on any atom is -0.378 e. The van der Waals surface area contributed by atoms with Gasteiger partial charge in [-0.3, -0.25) is 5.84 Å². The molecule has 2 aliphatic rings. The summed E-state index contributed by atoms with van der Waals surface area (Å²) in [6.45, 7) is 5.21. The maximum atomic E-state index is 5.75. The molecule has 0 aromatic rings. The Labute approximate surface area is 80.2 Å². The van der Waals surface area contributed by atoms with Crippen LogP contribution in [-0.2, 0) is 4.74 Å². The smallest absolute Gasteiger partial charge is 0.0547 e. The van der Waals surface area contributed by atoms with Gasteiger partial charge >= 0.3 is 0 Å². The monoisotopic (exact) mass is 184 g/mol. The van der Waals surface area contributed by atoms with Crippen molar-refractivity contribution in [2.45, 2.75) is 38.7 Å². The molecule has 0 bridgehead atoms. The molecular formula is C10H20N2O. The fourth-order valence-corrected chi connectivity index (χ4v) is 2.38. The summed E-state index contributed by atoms with van der Waals surface area (Å²) < 4.78 is 5.75. The van der Waals surface area contributed by atoms with E-state index < -0.39 is 0 Å². The van der Waals surface area contributed by atoms with Crippen LogP contribution < -0.4 is 5.84 Å². The minimum absolute atomic E-state index is 0.474. The van der Waals surface area contributed by atoms with Crippen LogP contribution in [0.25, 0.3) is 0 Å². The first kappa shape index (κ1) is 9.44. The third-order valence-electron chi connectivity index (χ3n) is 3.61. The molecule has 2 rings (SSSR count). The zero-order valence-electron chi connectivity index (χ0n) is 8.46. The zero-order valence-corrected chi connectivity index (χ0v) is 8.46. The number of ether oxygens (including phenoxy) is 1. The quantitative estimate of drug-likeness (QED) is 0.574. The van der Waals surface area contributed by atoms with Crippen LogP contribution in [0.2, 0.25) is 0 Å². The van der Waals surface area contributed by atoms with Gasteiger partial charge in [-0.15, -0.1) is 0 Å². The first-order valence-corrected chi connectivity index (χ1v) is 5.31. The van der Waals surface area contributed by atoms with Crippen molar-refractivity contribution in [3.63, 3.8) is 0 Å². The number of rotatable bonds is 0. The number of nitrogens with two attached hydrogens (primary N) is 1. The molecule has 0 unspecified atom stereocenters. The molecule has 1 spiro atoms. The van der Waals surface area contributed by atoms with Gasteiger partial charge in [0.1, 0.15) is 0 Å². The highest BCUT2D eigenvalue weighted by atomic mass is 16.5. The summed E-state index contributed by atoms with van der Waals surface area (Å²) in [5.74, 6) is 5.74. The summed E-state index contributed by atoms with van der Waals surface area (Å²) in [6.07, 6.45) is 5.47. The molecule has 2 aliphatic heterocycles. The van der Waals surface area contributed by atoms with Crippen molar-refractivity contribution in [2.75, 3.05) is 19.7 Å². The van der Waals surface area contributed by atoms with Crippen molar-refractivity contribution in [1.29, 1.82) is 0 Å². The molecule has 2 saturated heterocycles. The van der Waals surface area contributed by atoms with Crippen LogP contribution in [0.1, 0.15) is 32.6 Å². The van der Waals surface area contributed by atoms with Crippen molar-refractivity contribution in [3.05, 3.63) is 0 Å². The number of hydrazine groups is 1. The molecule has 0 aromatic carbocycles. The summed E-state index contributed by atoms with van der Waals surface area (Å²) >= 11 is 0. The van der Waals surface area contributed by atoms with E-state index in [0.29, 0.717) is 11.5 Å². The lowest BCUT2D eigenvalue weighted by atomic mass is 9.74. The molecule has 0 aliphatic carbocycles. The lowest BCUT2D eigenvalue weighted by molar-refractivity contribution is -0.0790. The predicted molar refractivity (Wildman–Crippen MR) is 52.1 cm³/mol. The van der Waals surface area contributed by atoms with Gasteiger partial charge in [-0.2, -0.15) is 0 Å². The van der Waals surface area contributed by atoms with Crippen LogP contribution >= 0.6 is 0 Å². The van der Waals surface area contributed by atoms with Gasteiger partial charge in [0, 0.05) is 13.1 Å². The highest BCUT2D eigenvalue weighted by molar-refractivity contribution is 4.87. The largest absolute Gasteiger partial charge is 0.378 e. The molecule has 0 amide bonds. The van der Waals surface area contributed by atoms with Crippen LogP contribution in [-0.4, -0.2) is 30.8 Å². The highest BCUT2D eigenvalue weighted by Crippen LogP contribution is 2.39. The number of hydrogen-bond donors (Lipinski definition) is 1. The van der Waals surface area contributed by atoms with E-state index in [0.717, 1.165) is 19.7 Å². The maximum Gasteiger partial charge on any atom is 0.0547 e. The summed E-state index contributed by atoms with van der Waals surface area (Å²) in [5, 5.41) is 1.93. The molecule has 0 saturated carbocycles. The maximum absolute atomic E-state index is 5.75. The average Bonchev–Trinajstić information content (AvgIpc) is 2.16. The molecule has 0 aromatic heterocycles. The Bertz CT molecular complexity index is 144. The van der Waals surface area contributed by atoms with E-state index in [1.807, 2.05) is 5.01 Å². The Morgan fingerprint density at radius 1 is 1.31 bits per heavy atom. The Balaban J connectivity index is 1.90. The van der Waals surface area contributed by atoms with Crippen LogP contribution in [0.4, 0.5) is 0 Å². The lowest BCUT2D eigenvalue weighted by Crippen LogP contribution is -2.47. The van der Waals surface area contributed by atoms with Crippen molar-refractivity contribution >= 4 is 0 Å². The molecule has 2 fully saturated rings. The molecular weight excluding hydrogens is 164 g/mol. The van der Waals surface area contributed by atoms with Gasteiger partial charge in [0.15, 0.2) is 0 Å². The van der Waals surface area contributed by atoms with Gasteiger partial charge in [-0.25, -0.2) is 5.01 Å².